The van der Waals surface area contributed by atoms with E-state index in [1.807, 2.05) is 19.1 Å². The lowest BCUT2D eigenvalue weighted by molar-refractivity contribution is -0.385. The average molecular weight is 288 g/mol. The first-order valence-electron chi connectivity index (χ1n) is 6.37. The molecule has 21 heavy (non-hydrogen) atoms. The highest BCUT2D eigenvalue weighted by Gasteiger charge is 2.16. The van der Waals surface area contributed by atoms with E-state index in [1.165, 1.54) is 19.2 Å². The van der Waals surface area contributed by atoms with Crippen LogP contribution in [0, 0.1) is 10.1 Å². The van der Waals surface area contributed by atoms with Crippen LogP contribution in [0.25, 0.3) is 0 Å². The Balaban J connectivity index is 2.23. The Morgan fingerprint density at radius 2 is 1.76 bits per heavy atom. The van der Waals surface area contributed by atoms with E-state index < -0.39 is 4.92 Å². The summed E-state index contributed by atoms with van der Waals surface area (Å²) in [6.45, 7) is 1.89. The third kappa shape index (κ3) is 3.49. The highest BCUT2D eigenvalue weighted by atomic mass is 16.6. The predicted molar refractivity (Wildman–Crippen MR) is 78.8 cm³/mol. The van der Waals surface area contributed by atoms with E-state index in [2.05, 4.69) is 0 Å². The van der Waals surface area contributed by atoms with Crippen molar-refractivity contribution in [2.75, 3.05) is 7.11 Å². The molecule has 0 aromatic heterocycles. The third-order valence-corrected chi connectivity index (χ3v) is 2.99. The Hall–Kier alpha value is -2.60. The van der Waals surface area contributed by atoms with Gasteiger partial charge in [0.05, 0.1) is 18.1 Å². The fourth-order valence-electron chi connectivity index (χ4n) is 1.85. The average Bonchev–Trinajstić information content (AvgIpc) is 2.47. The molecule has 2 N–H and O–H groups in total. The number of ether oxygens (including phenoxy) is 2. The molecule has 0 radical (unpaired) electrons. The summed E-state index contributed by atoms with van der Waals surface area (Å²) < 4.78 is 10.5. The molecule has 2 aromatic rings. The van der Waals surface area contributed by atoms with Crippen molar-refractivity contribution in [3.63, 3.8) is 0 Å². The molecule has 6 nitrogen and oxygen atoms in total. The molecule has 110 valence electrons. The van der Waals surface area contributed by atoms with Gasteiger partial charge in [-0.1, -0.05) is 12.1 Å². The molecule has 0 aliphatic carbocycles. The summed E-state index contributed by atoms with van der Waals surface area (Å²) in [4.78, 5) is 10.5. The number of nitrogens with zero attached hydrogens (tertiary/aromatic N) is 1. The van der Waals surface area contributed by atoms with Crippen LogP contribution in [0.4, 0.5) is 5.69 Å². The number of nitro groups is 1. The molecule has 1 unspecified atom stereocenters. The van der Waals surface area contributed by atoms with E-state index >= 15 is 0 Å². The lowest BCUT2D eigenvalue weighted by Crippen LogP contribution is -2.04. The molecule has 0 fully saturated rings. The van der Waals surface area contributed by atoms with Gasteiger partial charge in [0, 0.05) is 6.04 Å². The van der Waals surface area contributed by atoms with Gasteiger partial charge in [-0.25, -0.2) is 0 Å². The van der Waals surface area contributed by atoms with E-state index in [0.29, 0.717) is 11.5 Å². The van der Waals surface area contributed by atoms with Crippen molar-refractivity contribution in [1.82, 2.24) is 0 Å². The SMILES string of the molecule is COc1ccc(Oc2ccc(C(C)N)cc2)cc1[N+](=O)[O-]. The number of hydrogen-bond acceptors (Lipinski definition) is 5. The van der Waals surface area contributed by atoms with E-state index in [1.54, 1.807) is 18.2 Å². The topological polar surface area (TPSA) is 87.6 Å². The van der Waals surface area contributed by atoms with Gasteiger partial charge < -0.3 is 15.2 Å². The lowest BCUT2D eigenvalue weighted by Gasteiger charge is -2.09. The van der Waals surface area contributed by atoms with Crippen LogP contribution in [0.15, 0.2) is 42.5 Å². The second kappa shape index (κ2) is 6.23. The Labute approximate surface area is 122 Å². The molecule has 0 bridgehead atoms. The molecule has 2 rings (SSSR count). The summed E-state index contributed by atoms with van der Waals surface area (Å²) in [5.41, 5.74) is 6.62. The number of nitrogens with two attached hydrogens (primary N) is 1. The fourth-order valence-corrected chi connectivity index (χ4v) is 1.85. The van der Waals surface area contributed by atoms with Gasteiger partial charge in [0.2, 0.25) is 0 Å². The minimum absolute atomic E-state index is 0.0545. The van der Waals surface area contributed by atoms with Gasteiger partial charge >= 0.3 is 5.69 Å². The van der Waals surface area contributed by atoms with Gasteiger partial charge in [-0.3, -0.25) is 10.1 Å². The number of benzene rings is 2. The van der Waals surface area contributed by atoms with Crippen molar-refractivity contribution in [2.45, 2.75) is 13.0 Å². The van der Waals surface area contributed by atoms with E-state index in [9.17, 15) is 10.1 Å². The van der Waals surface area contributed by atoms with Gasteiger partial charge in [-0.05, 0) is 36.8 Å². The van der Waals surface area contributed by atoms with Gasteiger partial charge in [0.15, 0.2) is 5.75 Å². The van der Waals surface area contributed by atoms with Crippen molar-refractivity contribution in [3.05, 3.63) is 58.1 Å². The maximum absolute atomic E-state index is 11.0. The number of nitro benzene ring substituents is 1. The molecule has 1 atom stereocenters. The van der Waals surface area contributed by atoms with Gasteiger partial charge in [0.25, 0.3) is 0 Å². The molecule has 0 aliphatic heterocycles. The number of hydrogen-bond donors (Lipinski definition) is 1. The monoisotopic (exact) mass is 288 g/mol. The molecular formula is C15H16N2O4. The highest BCUT2D eigenvalue weighted by Crippen LogP contribution is 2.33. The van der Waals surface area contributed by atoms with Crippen molar-refractivity contribution in [2.24, 2.45) is 5.73 Å². The number of rotatable bonds is 5. The van der Waals surface area contributed by atoms with Crippen molar-refractivity contribution < 1.29 is 14.4 Å². The summed E-state index contributed by atoms with van der Waals surface area (Å²) >= 11 is 0. The Morgan fingerprint density at radius 1 is 1.14 bits per heavy atom. The molecule has 0 amide bonds. The minimum atomic E-state index is -0.509. The second-order valence-electron chi connectivity index (χ2n) is 4.55. The van der Waals surface area contributed by atoms with E-state index in [-0.39, 0.29) is 17.5 Å². The second-order valence-corrected chi connectivity index (χ2v) is 4.55. The van der Waals surface area contributed by atoms with Crippen LogP contribution in [-0.4, -0.2) is 12.0 Å². The summed E-state index contributed by atoms with van der Waals surface area (Å²) in [5.74, 6) is 1.15. The lowest BCUT2D eigenvalue weighted by atomic mass is 10.1. The first-order valence-corrected chi connectivity index (χ1v) is 6.37. The molecule has 0 spiro atoms. The van der Waals surface area contributed by atoms with Gasteiger partial charge in [-0.15, -0.1) is 0 Å². The van der Waals surface area contributed by atoms with Crippen LogP contribution >= 0.6 is 0 Å². The zero-order valence-electron chi connectivity index (χ0n) is 11.8. The standard InChI is InChI=1S/C15H16N2O4/c1-10(16)11-3-5-12(6-4-11)21-13-7-8-15(20-2)14(9-13)17(18)19/h3-10H,16H2,1-2H3. The molecule has 2 aromatic carbocycles. The zero-order chi connectivity index (χ0) is 15.4. The Bertz CT molecular complexity index is 639. The molecule has 0 saturated heterocycles. The van der Waals surface area contributed by atoms with E-state index in [0.717, 1.165) is 5.56 Å². The van der Waals surface area contributed by atoms with Crippen molar-refractivity contribution >= 4 is 5.69 Å². The normalized spacial score (nSPS) is 11.8. The molecular weight excluding hydrogens is 272 g/mol. The highest BCUT2D eigenvalue weighted by molar-refractivity contribution is 5.51. The van der Waals surface area contributed by atoms with E-state index in [4.69, 9.17) is 15.2 Å². The van der Waals surface area contributed by atoms with Gasteiger partial charge in [0.1, 0.15) is 11.5 Å². The maximum atomic E-state index is 11.0. The van der Waals surface area contributed by atoms with Crippen molar-refractivity contribution in [3.8, 4) is 17.2 Å². The summed E-state index contributed by atoms with van der Waals surface area (Å²) in [6, 6.07) is 11.7. The quantitative estimate of drug-likeness (QED) is 0.672. The summed E-state index contributed by atoms with van der Waals surface area (Å²) in [6.07, 6.45) is 0. The van der Waals surface area contributed by atoms with Crippen LogP contribution in [0.3, 0.4) is 0 Å². The smallest absolute Gasteiger partial charge is 0.314 e. The fraction of sp³-hybridized carbons (Fsp3) is 0.200. The van der Waals surface area contributed by atoms with Crippen LogP contribution in [-0.2, 0) is 0 Å². The Morgan fingerprint density at radius 3 is 2.29 bits per heavy atom. The maximum Gasteiger partial charge on any atom is 0.314 e. The molecule has 6 heteroatoms. The van der Waals surface area contributed by atoms with Crippen LogP contribution in [0.1, 0.15) is 18.5 Å². The minimum Gasteiger partial charge on any atom is -0.490 e. The Kier molecular flexibility index (Phi) is 4.39. The van der Waals surface area contributed by atoms with Crippen molar-refractivity contribution in [1.29, 1.82) is 0 Å². The summed E-state index contributed by atoms with van der Waals surface area (Å²) in [5, 5.41) is 11.0. The molecule has 0 aliphatic rings. The molecule has 0 saturated carbocycles. The van der Waals surface area contributed by atoms with Gasteiger partial charge in [-0.2, -0.15) is 0 Å². The molecule has 0 heterocycles. The zero-order valence-corrected chi connectivity index (χ0v) is 11.8. The van der Waals surface area contributed by atoms with Crippen LogP contribution < -0.4 is 15.2 Å². The third-order valence-electron chi connectivity index (χ3n) is 2.99. The first kappa shape index (κ1) is 14.8. The largest absolute Gasteiger partial charge is 0.490 e. The first-order chi connectivity index (χ1) is 10.0. The summed E-state index contributed by atoms with van der Waals surface area (Å²) in [7, 11) is 1.38. The van der Waals surface area contributed by atoms with Crippen LogP contribution in [0.2, 0.25) is 0 Å². The number of methoxy groups -OCH3 is 1. The van der Waals surface area contributed by atoms with Crippen LogP contribution in [0.5, 0.6) is 17.2 Å². The predicted octanol–water partition coefficient (Wildman–Crippen LogP) is 3.42.